The predicted molar refractivity (Wildman–Crippen MR) is 67.9 cm³/mol. The molecular formula is C15H19NO. The summed E-state index contributed by atoms with van der Waals surface area (Å²) in [5, 5.41) is 3.32. The van der Waals surface area contributed by atoms with Crippen LogP contribution in [0.25, 0.3) is 0 Å². The molecule has 0 atom stereocenters. The van der Waals surface area contributed by atoms with Crippen LogP contribution in [0.5, 0.6) is 0 Å². The summed E-state index contributed by atoms with van der Waals surface area (Å²) in [7, 11) is 0. The van der Waals surface area contributed by atoms with Gasteiger partial charge in [-0.15, -0.1) is 0 Å². The number of fused-ring (bicyclic) bond motifs is 1. The molecule has 1 saturated carbocycles. The Morgan fingerprint density at radius 3 is 2.65 bits per heavy atom. The molecule has 3 rings (SSSR count). The van der Waals surface area contributed by atoms with E-state index >= 15 is 0 Å². The van der Waals surface area contributed by atoms with Gasteiger partial charge in [0.1, 0.15) is 0 Å². The fourth-order valence-corrected chi connectivity index (χ4v) is 3.05. The Morgan fingerprint density at radius 2 is 1.82 bits per heavy atom. The van der Waals surface area contributed by atoms with E-state index in [4.69, 9.17) is 0 Å². The van der Waals surface area contributed by atoms with Crippen LogP contribution in [0.2, 0.25) is 0 Å². The van der Waals surface area contributed by atoms with Gasteiger partial charge in [-0.3, -0.25) is 4.79 Å². The number of rotatable bonds is 2. The van der Waals surface area contributed by atoms with E-state index in [1.54, 1.807) is 0 Å². The Morgan fingerprint density at radius 1 is 1.06 bits per heavy atom. The minimum absolute atomic E-state index is 0.288. The molecule has 1 fully saturated rings. The Balaban J connectivity index is 1.81. The van der Waals surface area contributed by atoms with E-state index in [9.17, 15) is 4.79 Å². The van der Waals surface area contributed by atoms with Crippen molar-refractivity contribution in [2.45, 2.75) is 45.2 Å². The molecule has 1 aliphatic carbocycles. The molecule has 0 unspecified atom stereocenters. The van der Waals surface area contributed by atoms with E-state index in [1.807, 2.05) is 6.07 Å². The summed E-state index contributed by atoms with van der Waals surface area (Å²) < 4.78 is 0. The SMILES string of the molecule is O=C(c1ccc2c(c1)CNC2)C1CCCCC1. The zero-order valence-electron chi connectivity index (χ0n) is 10.2. The molecule has 2 nitrogen and oxygen atoms in total. The normalized spacial score (nSPS) is 20.2. The number of hydrogen-bond acceptors (Lipinski definition) is 2. The van der Waals surface area contributed by atoms with Gasteiger partial charge in [-0.05, 0) is 30.0 Å². The van der Waals surface area contributed by atoms with Crippen LogP contribution in [0.15, 0.2) is 18.2 Å². The minimum atomic E-state index is 0.288. The van der Waals surface area contributed by atoms with E-state index in [0.29, 0.717) is 5.78 Å². The molecule has 0 spiro atoms. The van der Waals surface area contributed by atoms with Crippen molar-refractivity contribution < 1.29 is 4.79 Å². The predicted octanol–water partition coefficient (Wildman–Crippen LogP) is 3.05. The summed E-state index contributed by atoms with van der Waals surface area (Å²) in [6.07, 6.45) is 5.94. The second kappa shape index (κ2) is 4.61. The molecule has 0 saturated heterocycles. The standard InChI is InChI=1S/C15H19NO/c17-15(11-4-2-1-3-5-11)12-6-7-13-9-16-10-14(13)8-12/h6-8,11,16H,1-5,9-10H2. The zero-order chi connectivity index (χ0) is 11.7. The molecule has 90 valence electrons. The number of hydrogen-bond donors (Lipinski definition) is 1. The van der Waals surface area contributed by atoms with Gasteiger partial charge in [-0.1, -0.05) is 31.4 Å². The quantitative estimate of drug-likeness (QED) is 0.790. The molecule has 1 aromatic carbocycles. The number of carbonyl (C=O) groups is 1. The van der Waals surface area contributed by atoms with Crippen molar-refractivity contribution in [1.82, 2.24) is 5.32 Å². The van der Waals surface area contributed by atoms with Crippen molar-refractivity contribution in [1.29, 1.82) is 0 Å². The molecule has 2 heteroatoms. The second-order valence-corrected chi connectivity index (χ2v) is 5.29. The first-order valence-corrected chi connectivity index (χ1v) is 6.71. The summed E-state index contributed by atoms with van der Waals surface area (Å²) >= 11 is 0. The Labute approximate surface area is 102 Å². The molecule has 1 aromatic rings. The van der Waals surface area contributed by atoms with Gasteiger partial charge in [0, 0.05) is 24.6 Å². The maximum absolute atomic E-state index is 12.4. The van der Waals surface area contributed by atoms with Crippen LogP contribution < -0.4 is 5.32 Å². The average Bonchev–Trinajstić information content (AvgIpc) is 2.86. The summed E-state index contributed by atoms with van der Waals surface area (Å²) in [4.78, 5) is 12.4. The fourth-order valence-electron chi connectivity index (χ4n) is 3.05. The molecule has 2 aliphatic rings. The first-order valence-electron chi connectivity index (χ1n) is 6.71. The lowest BCUT2D eigenvalue weighted by molar-refractivity contribution is 0.0889. The van der Waals surface area contributed by atoms with Gasteiger partial charge in [-0.25, -0.2) is 0 Å². The topological polar surface area (TPSA) is 29.1 Å². The smallest absolute Gasteiger partial charge is 0.165 e. The largest absolute Gasteiger partial charge is 0.309 e. The first-order chi connectivity index (χ1) is 8.34. The van der Waals surface area contributed by atoms with E-state index in [1.165, 1.54) is 30.4 Å². The highest BCUT2D eigenvalue weighted by Gasteiger charge is 2.23. The molecule has 0 amide bonds. The number of ketones is 1. The number of carbonyl (C=O) groups excluding carboxylic acids is 1. The molecule has 1 heterocycles. The first kappa shape index (κ1) is 11.0. The van der Waals surface area contributed by atoms with Gasteiger partial charge in [0.2, 0.25) is 0 Å². The maximum Gasteiger partial charge on any atom is 0.165 e. The second-order valence-electron chi connectivity index (χ2n) is 5.29. The van der Waals surface area contributed by atoms with Crippen molar-refractivity contribution in [2.24, 2.45) is 5.92 Å². The summed E-state index contributed by atoms with van der Waals surface area (Å²) in [5.74, 6) is 0.663. The fraction of sp³-hybridized carbons (Fsp3) is 0.533. The monoisotopic (exact) mass is 229 g/mol. The van der Waals surface area contributed by atoms with Crippen LogP contribution in [0.3, 0.4) is 0 Å². The van der Waals surface area contributed by atoms with Crippen molar-refractivity contribution >= 4 is 5.78 Å². The molecule has 0 aromatic heterocycles. The lowest BCUT2D eigenvalue weighted by atomic mass is 9.83. The van der Waals surface area contributed by atoms with Crippen LogP contribution in [0, 0.1) is 5.92 Å². The van der Waals surface area contributed by atoms with Gasteiger partial charge < -0.3 is 5.32 Å². The van der Waals surface area contributed by atoms with Gasteiger partial charge in [0.15, 0.2) is 5.78 Å². The van der Waals surface area contributed by atoms with Crippen LogP contribution >= 0.6 is 0 Å². The molecule has 17 heavy (non-hydrogen) atoms. The highest BCUT2D eigenvalue weighted by molar-refractivity contribution is 5.98. The number of benzene rings is 1. The Kier molecular flexibility index (Phi) is 2.98. The third-order valence-corrected chi connectivity index (χ3v) is 4.10. The number of Topliss-reactive ketones (excluding diaryl/α,β-unsaturated/α-hetero) is 1. The van der Waals surface area contributed by atoms with Gasteiger partial charge in [0.05, 0.1) is 0 Å². The highest BCUT2D eigenvalue weighted by atomic mass is 16.1. The van der Waals surface area contributed by atoms with Gasteiger partial charge >= 0.3 is 0 Å². The van der Waals surface area contributed by atoms with Gasteiger partial charge in [0.25, 0.3) is 0 Å². The van der Waals surface area contributed by atoms with Crippen molar-refractivity contribution in [2.75, 3.05) is 0 Å². The third kappa shape index (κ3) is 2.14. The van der Waals surface area contributed by atoms with E-state index in [2.05, 4.69) is 17.4 Å². The molecular weight excluding hydrogens is 210 g/mol. The molecule has 0 radical (unpaired) electrons. The Bertz CT molecular complexity index is 433. The zero-order valence-corrected chi connectivity index (χ0v) is 10.2. The van der Waals surface area contributed by atoms with Crippen molar-refractivity contribution in [3.05, 3.63) is 34.9 Å². The third-order valence-electron chi connectivity index (χ3n) is 4.10. The summed E-state index contributed by atoms with van der Waals surface area (Å²) in [6, 6.07) is 6.24. The van der Waals surface area contributed by atoms with Crippen LogP contribution in [-0.4, -0.2) is 5.78 Å². The molecule has 1 N–H and O–H groups in total. The van der Waals surface area contributed by atoms with Gasteiger partial charge in [-0.2, -0.15) is 0 Å². The maximum atomic E-state index is 12.4. The van der Waals surface area contributed by atoms with E-state index < -0.39 is 0 Å². The van der Waals surface area contributed by atoms with Crippen LogP contribution in [0.1, 0.15) is 53.6 Å². The molecule has 1 aliphatic heterocycles. The average molecular weight is 229 g/mol. The van der Waals surface area contributed by atoms with E-state index in [0.717, 1.165) is 31.5 Å². The van der Waals surface area contributed by atoms with Crippen LogP contribution in [0.4, 0.5) is 0 Å². The Hall–Kier alpha value is -1.15. The molecule has 0 bridgehead atoms. The lowest BCUT2D eigenvalue weighted by Crippen LogP contribution is -2.18. The minimum Gasteiger partial charge on any atom is -0.309 e. The van der Waals surface area contributed by atoms with E-state index in [-0.39, 0.29) is 5.92 Å². The summed E-state index contributed by atoms with van der Waals surface area (Å²) in [5.41, 5.74) is 3.59. The highest BCUT2D eigenvalue weighted by Crippen LogP contribution is 2.28. The number of nitrogens with one attached hydrogen (secondary N) is 1. The van der Waals surface area contributed by atoms with Crippen molar-refractivity contribution in [3.8, 4) is 0 Å². The van der Waals surface area contributed by atoms with Crippen LogP contribution in [-0.2, 0) is 13.1 Å². The van der Waals surface area contributed by atoms with Crippen molar-refractivity contribution in [3.63, 3.8) is 0 Å². The summed E-state index contributed by atoms with van der Waals surface area (Å²) in [6.45, 7) is 1.87. The lowest BCUT2D eigenvalue weighted by Gasteiger charge is -2.20.